The highest BCUT2D eigenvalue weighted by molar-refractivity contribution is 6.03. The topological polar surface area (TPSA) is 81.9 Å². The molecule has 2 rings (SSSR count). The number of rotatable bonds is 4. The lowest BCUT2D eigenvalue weighted by Gasteiger charge is -2.33. The molecule has 2 N–H and O–H groups in total. The van der Waals surface area contributed by atoms with Crippen molar-refractivity contribution in [1.29, 1.82) is 0 Å². The second-order valence-corrected chi connectivity index (χ2v) is 4.52. The summed E-state index contributed by atoms with van der Waals surface area (Å²) in [6.07, 6.45) is -0.0370. The first-order valence-corrected chi connectivity index (χ1v) is 6.48. The van der Waals surface area contributed by atoms with Crippen LogP contribution in [0.3, 0.4) is 0 Å². The molecule has 1 aromatic carbocycles. The van der Waals surface area contributed by atoms with E-state index in [1.807, 2.05) is 13.0 Å². The summed E-state index contributed by atoms with van der Waals surface area (Å²) in [7, 11) is 1.29. The van der Waals surface area contributed by atoms with Crippen LogP contribution in [0.1, 0.15) is 18.9 Å². The number of fused-ring (bicyclic) bond motifs is 1. The van der Waals surface area contributed by atoms with E-state index in [1.54, 1.807) is 12.1 Å². The van der Waals surface area contributed by atoms with Crippen LogP contribution in [0.5, 0.6) is 5.75 Å². The van der Waals surface area contributed by atoms with Gasteiger partial charge in [0.1, 0.15) is 12.3 Å². The molecule has 0 spiro atoms. The zero-order valence-electron chi connectivity index (χ0n) is 11.6. The van der Waals surface area contributed by atoms with Gasteiger partial charge in [-0.3, -0.25) is 14.5 Å². The molecule has 1 aromatic rings. The van der Waals surface area contributed by atoms with E-state index in [0.29, 0.717) is 24.4 Å². The van der Waals surface area contributed by atoms with Gasteiger partial charge >= 0.3 is 5.97 Å². The van der Waals surface area contributed by atoms with E-state index in [4.69, 9.17) is 10.5 Å². The summed E-state index contributed by atoms with van der Waals surface area (Å²) < 4.78 is 10.3. The van der Waals surface area contributed by atoms with Gasteiger partial charge in [-0.15, -0.1) is 0 Å². The number of benzene rings is 1. The zero-order valence-corrected chi connectivity index (χ0v) is 11.6. The maximum absolute atomic E-state index is 12.3. The lowest BCUT2D eigenvalue weighted by atomic mass is 10.1. The summed E-state index contributed by atoms with van der Waals surface area (Å²) in [5.74, 6) is -0.128. The van der Waals surface area contributed by atoms with Crippen LogP contribution in [-0.4, -0.2) is 31.6 Å². The third-order valence-electron chi connectivity index (χ3n) is 3.25. The molecular formula is C14H18N2O4. The van der Waals surface area contributed by atoms with Crippen molar-refractivity contribution in [2.45, 2.75) is 26.0 Å². The molecule has 6 heteroatoms. The summed E-state index contributed by atoms with van der Waals surface area (Å²) in [4.78, 5) is 25.2. The number of hydrogen-bond acceptors (Lipinski definition) is 5. The maximum Gasteiger partial charge on any atom is 0.325 e. The van der Waals surface area contributed by atoms with Crippen LogP contribution in [0.4, 0.5) is 5.69 Å². The van der Waals surface area contributed by atoms with Crippen LogP contribution in [0.2, 0.25) is 0 Å². The second-order valence-electron chi connectivity index (χ2n) is 4.52. The van der Waals surface area contributed by atoms with Gasteiger partial charge in [-0.25, -0.2) is 0 Å². The van der Waals surface area contributed by atoms with Gasteiger partial charge in [0.25, 0.3) is 5.91 Å². The highest BCUT2D eigenvalue weighted by atomic mass is 16.5. The number of nitrogens with two attached hydrogens (primary N) is 1. The highest BCUT2D eigenvalue weighted by Crippen LogP contribution is 2.35. The molecule has 0 saturated carbocycles. The van der Waals surface area contributed by atoms with Crippen LogP contribution in [0.25, 0.3) is 0 Å². The summed E-state index contributed by atoms with van der Waals surface area (Å²) in [5, 5.41) is 0. The number of ether oxygens (including phenoxy) is 2. The number of carbonyl (C=O) groups is 2. The van der Waals surface area contributed by atoms with Crippen LogP contribution < -0.4 is 15.4 Å². The highest BCUT2D eigenvalue weighted by Gasteiger charge is 2.34. The normalized spacial score (nSPS) is 17.4. The minimum Gasteiger partial charge on any atom is -0.478 e. The van der Waals surface area contributed by atoms with Gasteiger partial charge in [-0.2, -0.15) is 0 Å². The average molecular weight is 278 g/mol. The Hall–Kier alpha value is -2.08. The Bertz CT molecular complexity index is 530. The fourth-order valence-corrected chi connectivity index (χ4v) is 2.11. The van der Waals surface area contributed by atoms with E-state index >= 15 is 0 Å². The van der Waals surface area contributed by atoms with E-state index in [1.165, 1.54) is 12.0 Å². The quantitative estimate of drug-likeness (QED) is 0.825. The Labute approximate surface area is 117 Å². The molecular weight excluding hydrogens is 260 g/mol. The lowest BCUT2D eigenvalue weighted by molar-refractivity contribution is -0.140. The van der Waals surface area contributed by atoms with Crippen LogP contribution in [0, 0.1) is 0 Å². The molecule has 0 bridgehead atoms. The van der Waals surface area contributed by atoms with Crippen LogP contribution >= 0.6 is 0 Å². The molecule has 1 aliphatic rings. The standard InChI is InChI=1S/C14H18N2O4/c1-3-11-14(18)16(8-13(17)19-2)10-6-9(7-15)4-5-12(10)20-11/h4-6,11H,3,7-8,15H2,1-2H3. The van der Waals surface area contributed by atoms with Crippen molar-refractivity contribution >= 4 is 17.6 Å². The third-order valence-corrected chi connectivity index (χ3v) is 3.25. The van der Waals surface area contributed by atoms with Gasteiger partial charge in [-0.05, 0) is 24.1 Å². The smallest absolute Gasteiger partial charge is 0.325 e. The first kappa shape index (κ1) is 14.3. The number of amides is 1. The van der Waals surface area contributed by atoms with E-state index in [2.05, 4.69) is 4.74 Å². The SMILES string of the molecule is CCC1Oc2ccc(CN)cc2N(CC(=O)OC)C1=O. The molecule has 1 unspecified atom stereocenters. The van der Waals surface area contributed by atoms with Gasteiger partial charge < -0.3 is 15.2 Å². The molecule has 6 nitrogen and oxygen atoms in total. The van der Waals surface area contributed by atoms with Gasteiger partial charge in [0.05, 0.1) is 12.8 Å². The molecule has 0 aromatic heterocycles. The first-order chi connectivity index (χ1) is 9.60. The molecule has 1 atom stereocenters. The van der Waals surface area contributed by atoms with Crippen molar-refractivity contribution in [3.8, 4) is 5.75 Å². The molecule has 0 saturated heterocycles. The van der Waals surface area contributed by atoms with E-state index in [9.17, 15) is 9.59 Å². The van der Waals surface area contributed by atoms with Crippen molar-refractivity contribution in [3.63, 3.8) is 0 Å². The Kier molecular flexibility index (Phi) is 4.24. The van der Waals surface area contributed by atoms with Crippen molar-refractivity contribution in [2.24, 2.45) is 5.73 Å². The number of anilines is 1. The number of nitrogens with zero attached hydrogens (tertiary/aromatic N) is 1. The van der Waals surface area contributed by atoms with E-state index in [-0.39, 0.29) is 12.5 Å². The fourth-order valence-electron chi connectivity index (χ4n) is 2.11. The summed E-state index contributed by atoms with van der Waals surface area (Å²) >= 11 is 0. The Morgan fingerprint density at radius 2 is 2.25 bits per heavy atom. The van der Waals surface area contributed by atoms with Crippen molar-refractivity contribution in [3.05, 3.63) is 23.8 Å². The maximum atomic E-state index is 12.3. The summed E-state index contributed by atoms with van der Waals surface area (Å²) in [6.45, 7) is 2.08. The average Bonchev–Trinajstić information content (AvgIpc) is 2.48. The molecule has 108 valence electrons. The lowest BCUT2D eigenvalue weighted by Crippen LogP contribution is -2.48. The predicted molar refractivity (Wildman–Crippen MR) is 73.4 cm³/mol. The molecule has 0 aliphatic carbocycles. The minimum atomic E-state index is -0.573. The fraction of sp³-hybridized carbons (Fsp3) is 0.429. The molecule has 0 radical (unpaired) electrons. The monoisotopic (exact) mass is 278 g/mol. The minimum absolute atomic E-state index is 0.129. The summed E-state index contributed by atoms with van der Waals surface area (Å²) in [5.41, 5.74) is 7.04. The van der Waals surface area contributed by atoms with Crippen molar-refractivity contribution in [2.75, 3.05) is 18.6 Å². The van der Waals surface area contributed by atoms with E-state index in [0.717, 1.165) is 5.56 Å². The third kappa shape index (κ3) is 2.60. The largest absolute Gasteiger partial charge is 0.478 e. The van der Waals surface area contributed by atoms with Crippen LogP contribution in [0.15, 0.2) is 18.2 Å². The number of carbonyl (C=O) groups excluding carboxylic acids is 2. The molecule has 1 amide bonds. The van der Waals surface area contributed by atoms with Crippen molar-refractivity contribution in [1.82, 2.24) is 0 Å². The van der Waals surface area contributed by atoms with Gasteiger partial charge in [-0.1, -0.05) is 13.0 Å². The summed E-state index contributed by atoms with van der Waals surface area (Å²) in [6, 6.07) is 5.39. The zero-order chi connectivity index (χ0) is 14.7. The Morgan fingerprint density at radius 3 is 2.85 bits per heavy atom. The van der Waals surface area contributed by atoms with Gasteiger partial charge in [0.2, 0.25) is 0 Å². The first-order valence-electron chi connectivity index (χ1n) is 6.48. The van der Waals surface area contributed by atoms with E-state index < -0.39 is 12.1 Å². The number of methoxy groups -OCH3 is 1. The number of esters is 1. The Balaban J connectivity index is 2.41. The molecule has 20 heavy (non-hydrogen) atoms. The molecule has 1 aliphatic heterocycles. The predicted octanol–water partition coefficient (Wildman–Crippen LogP) is 0.822. The number of hydrogen-bond donors (Lipinski definition) is 1. The molecule has 0 fully saturated rings. The van der Waals surface area contributed by atoms with Gasteiger partial charge in [0, 0.05) is 6.54 Å². The molecule has 1 heterocycles. The second kappa shape index (κ2) is 5.92. The van der Waals surface area contributed by atoms with Crippen LogP contribution in [-0.2, 0) is 20.9 Å². The Morgan fingerprint density at radius 1 is 1.50 bits per heavy atom. The van der Waals surface area contributed by atoms with Crippen molar-refractivity contribution < 1.29 is 19.1 Å². The van der Waals surface area contributed by atoms with Gasteiger partial charge in [0.15, 0.2) is 6.10 Å².